The summed E-state index contributed by atoms with van der Waals surface area (Å²) < 4.78 is 16.3. The summed E-state index contributed by atoms with van der Waals surface area (Å²) in [4.78, 5) is 13.4. The second-order valence-electron chi connectivity index (χ2n) is 7.89. The van der Waals surface area contributed by atoms with Gasteiger partial charge in [0.2, 0.25) is 5.95 Å². The van der Waals surface area contributed by atoms with Crippen molar-refractivity contribution in [1.82, 2.24) is 19.4 Å². The summed E-state index contributed by atoms with van der Waals surface area (Å²) in [6.45, 7) is 7.37. The third-order valence-corrected chi connectivity index (χ3v) is 5.91. The number of likely N-dealkylation sites (N-methyl/N-ethyl adjacent to an activating group) is 1. The van der Waals surface area contributed by atoms with E-state index in [2.05, 4.69) is 44.1 Å². The molecule has 0 unspecified atom stereocenters. The first-order valence-electron chi connectivity index (χ1n) is 10.8. The highest BCUT2D eigenvalue weighted by Gasteiger charge is 2.17. The number of anilines is 3. The van der Waals surface area contributed by atoms with Crippen LogP contribution in [0.3, 0.4) is 0 Å². The van der Waals surface area contributed by atoms with Crippen LogP contribution in [-0.2, 0) is 0 Å². The van der Waals surface area contributed by atoms with Crippen molar-refractivity contribution in [3.63, 3.8) is 0 Å². The SMILES string of the molecule is CCN1CCN(c2cccc(Nc3ncc(F)c(-n4ccc5cc(O)ccc54)n3)c2)CC1. The van der Waals surface area contributed by atoms with Crippen LogP contribution >= 0.6 is 0 Å². The first-order valence-corrected chi connectivity index (χ1v) is 10.8. The first-order chi connectivity index (χ1) is 15.6. The maximum Gasteiger partial charge on any atom is 0.229 e. The molecule has 1 saturated heterocycles. The van der Waals surface area contributed by atoms with Crippen molar-refractivity contribution >= 4 is 28.2 Å². The lowest BCUT2D eigenvalue weighted by molar-refractivity contribution is 0.271. The number of piperazine rings is 1. The van der Waals surface area contributed by atoms with Gasteiger partial charge in [-0.1, -0.05) is 13.0 Å². The number of benzene rings is 2. The zero-order valence-corrected chi connectivity index (χ0v) is 17.9. The van der Waals surface area contributed by atoms with E-state index in [9.17, 15) is 9.50 Å². The van der Waals surface area contributed by atoms with E-state index < -0.39 is 5.82 Å². The lowest BCUT2D eigenvalue weighted by atomic mass is 10.2. The van der Waals surface area contributed by atoms with Crippen LogP contribution in [0.2, 0.25) is 0 Å². The number of hydrogen-bond donors (Lipinski definition) is 2. The molecule has 2 aromatic heterocycles. The smallest absolute Gasteiger partial charge is 0.229 e. The minimum atomic E-state index is -0.524. The molecule has 3 heterocycles. The van der Waals surface area contributed by atoms with Crippen LogP contribution < -0.4 is 10.2 Å². The fourth-order valence-corrected chi connectivity index (χ4v) is 4.13. The van der Waals surface area contributed by atoms with Crippen molar-refractivity contribution < 1.29 is 9.50 Å². The van der Waals surface area contributed by atoms with Crippen molar-refractivity contribution in [3.05, 3.63) is 66.7 Å². The Morgan fingerprint density at radius 2 is 1.91 bits per heavy atom. The highest BCUT2D eigenvalue weighted by Crippen LogP contribution is 2.26. The molecule has 0 saturated carbocycles. The van der Waals surface area contributed by atoms with Gasteiger partial charge in [-0.2, -0.15) is 4.98 Å². The zero-order chi connectivity index (χ0) is 22.1. The fourth-order valence-electron chi connectivity index (χ4n) is 4.13. The number of aromatic hydroxyl groups is 1. The van der Waals surface area contributed by atoms with Gasteiger partial charge in [0.05, 0.1) is 11.7 Å². The molecule has 0 bridgehead atoms. The largest absolute Gasteiger partial charge is 0.508 e. The van der Waals surface area contributed by atoms with Crippen LogP contribution in [0.15, 0.2) is 60.9 Å². The molecule has 0 amide bonds. The molecule has 0 aliphatic carbocycles. The van der Waals surface area contributed by atoms with E-state index in [1.807, 2.05) is 18.2 Å². The van der Waals surface area contributed by atoms with Crippen LogP contribution in [0, 0.1) is 5.82 Å². The number of nitrogens with one attached hydrogen (secondary N) is 1. The topological polar surface area (TPSA) is 69.5 Å². The van der Waals surface area contributed by atoms with Gasteiger partial charge in [-0.25, -0.2) is 9.37 Å². The predicted molar refractivity (Wildman–Crippen MR) is 125 cm³/mol. The number of nitrogens with zero attached hydrogens (tertiary/aromatic N) is 5. The van der Waals surface area contributed by atoms with Crippen LogP contribution in [0.5, 0.6) is 5.75 Å². The van der Waals surface area contributed by atoms with Crippen molar-refractivity contribution in [2.24, 2.45) is 0 Å². The molecule has 5 rings (SSSR count). The van der Waals surface area contributed by atoms with Crippen LogP contribution in [-0.4, -0.2) is 57.3 Å². The number of rotatable bonds is 5. The van der Waals surface area contributed by atoms with Gasteiger partial charge in [-0.05, 0) is 49.0 Å². The molecule has 0 spiro atoms. The Morgan fingerprint density at radius 1 is 1.06 bits per heavy atom. The van der Waals surface area contributed by atoms with E-state index in [1.165, 1.54) is 6.20 Å². The number of halogens is 1. The molecule has 4 aromatic rings. The highest BCUT2D eigenvalue weighted by atomic mass is 19.1. The molecule has 1 fully saturated rings. The number of phenolic OH excluding ortho intramolecular Hbond substituents is 1. The molecule has 32 heavy (non-hydrogen) atoms. The van der Waals surface area contributed by atoms with Crippen LogP contribution in [0.25, 0.3) is 16.7 Å². The van der Waals surface area contributed by atoms with E-state index in [0.717, 1.165) is 55.0 Å². The normalized spacial score (nSPS) is 14.8. The Kier molecular flexibility index (Phi) is 5.36. The second kappa shape index (κ2) is 8.47. The van der Waals surface area contributed by atoms with Crippen molar-refractivity contribution in [2.45, 2.75) is 6.92 Å². The van der Waals surface area contributed by atoms with E-state index in [-0.39, 0.29) is 11.6 Å². The molecule has 7 nitrogen and oxygen atoms in total. The average Bonchev–Trinajstić information content (AvgIpc) is 3.23. The summed E-state index contributed by atoms with van der Waals surface area (Å²) in [6, 6.07) is 14.9. The lowest BCUT2D eigenvalue weighted by Crippen LogP contribution is -2.46. The van der Waals surface area contributed by atoms with Crippen LogP contribution in [0.1, 0.15) is 6.92 Å². The summed E-state index contributed by atoms with van der Waals surface area (Å²) in [6.07, 6.45) is 2.90. The number of hydrogen-bond acceptors (Lipinski definition) is 6. The third kappa shape index (κ3) is 3.97. The van der Waals surface area contributed by atoms with Gasteiger partial charge in [0, 0.05) is 49.1 Å². The van der Waals surface area contributed by atoms with Gasteiger partial charge in [0.25, 0.3) is 0 Å². The Bertz CT molecular complexity index is 1250. The summed E-state index contributed by atoms with van der Waals surface area (Å²) in [5.74, 6) is 0.102. The summed E-state index contributed by atoms with van der Waals surface area (Å²) in [5.41, 5.74) is 2.74. The highest BCUT2D eigenvalue weighted by molar-refractivity contribution is 5.83. The van der Waals surface area contributed by atoms with Gasteiger partial charge in [0.1, 0.15) is 5.75 Å². The number of phenols is 1. The monoisotopic (exact) mass is 432 g/mol. The Morgan fingerprint density at radius 3 is 2.72 bits per heavy atom. The lowest BCUT2D eigenvalue weighted by Gasteiger charge is -2.35. The second-order valence-corrected chi connectivity index (χ2v) is 7.89. The van der Waals surface area contributed by atoms with Crippen molar-refractivity contribution in [2.75, 3.05) is 42.9 Å². The minimum absolute atomic E-state index is 0.148. The Hall–Kier alpha value is -3.65. The summed E-state index contributed by atoms with van der Waals surface area (Å²) in [7, 11) is 0. The zero-order valence-electron chi connectivity index (χ0n) is 17.9. The van der Waals surface area contributed by atoms with Gasteiger partial charge >= 0.3 is 0 Å². The standard InChI is InChI=1S/C24H25FN6O/c1-2-29-10-12-30(13-11-29)19-5-3-4-18(15-19)27-24-26-16-21(25)23(28-24)31-9-8-17-14-20(32)6-7-22(17)31/h3-9,14-16,32H,2,10-13H2,1H3,(H,26,27,28). The summed E-state index contributed by atoms with van der Waals surface area (Å²) >= 11 is 0. The Labute approximate surface area is 185 Å². The maximum absolute atomic E-state index is 14.6. The molecule has 2 N–H and O–H groups in total. The van der Waals surface area contributed by atoms with E-state index >= 15 is 0 Å². The maximum atomic E-state index is 14.6. The molecule has 0 radical (unpaired) electrons. The molecule has 2 aromatic carbocycles. The first kappa shape index (κ1) is 20.3. The van der Waals surface area contributed by atoms with Gasteiger partial charge in [0.15, 0.2) is 11.6 Å². The van der Waals surface area contributed by atoms with Crippen molar-refractivity contribution in [3.8, 4) is 11.6 Å². The molecule has 1 aliphatic heterocycles. The number of fused-ring (bicyclic) bond motifs is 1. The molecular weight excluding hydrogens is 407 g/mol. The minimum Gasteiger partial charge on any atom is -0.508 e. The molecule has 164 valence electrons. The quantitative estimate of drug-likeness (QED) is 0.494. The number of aromatic nitrogens is 3. The summed E-state index contributed by atoms with van der Waals surface area (Å²) in [5, 5.41) is 13.7. The fraction of sp³-hybridized carbons (Fsp3) is 0.250. The van der Waals surface area contributed by atoms with E-state index in [4.69, 9.17) is 0 Å². The molecule has 0 atom stereocenters. The molecule has 8 heteroatoms. The van der Waals surface area contributed by atoms with Gasteiger partial charge < -0.3 is 20.2 Å². The van der Waals surface area contributed by atoms with Gasteiger partial charge in [-0.3, -0.25) is 4.57 Å². The molecular formula is C24H25FN6O. The molecule has 1 aliphatic rings. The Balaban J connectivity index is 1.40. The predicted octanol–water partition coefficient (Wildman–Crippen LogP) is 4.15. The van der Waals surface area contributed by atoms with E-state index in [1.54, 1.807) is 29.0 Å². The van der Waals surface area contributed by atoms with Crippen molar-refractivity contribution in [1.29, 1.82) is 0 Å². The average molecular weight is 433 g/mol. The van der Waals surface area contributed by atoms with Crippen LogP contribution in [0.4, 0.5) is 21.7 Å². The van der Waals surface area contributed by atoms with Gasteiger partial charge in [-0.15, -0.1) is 0 Å². The van der Waals surface area contributed by atoms with E-state index in [0.29, 0.717) is 5.95 Å². The third-order valence-electron chi connectivity index (χ3n) is 5.91.